The van der Waals surface area contributed by atoms with Gasteiger partial charge in [-0.05, 0) is 50.6 Å². The molecule has 1 unspecified atom stereocenters. The molecule has 0 bridgehead atoms. The minimum absolute atomic E-state index is 0.0151. The second-order valence-corrected chi connectivity index (χ2v) is 5.48. The SMILES string of the molecule is CC(CN1CCCC1)NC(=O)c1cccc(CCl)c1. The maximum absolute atomic E-state index is 12.1. The van der Waals surface area contributed by atoms with E-state index in [9.17, 15) is 4.79 Å². The Morgan fingerprint density at radius 3 is 2.84 bits per heavy atom. The molecular weight excluding hydrogens is 260 g/mol. The molecule has 1 fully saturated rings. The normalized spacial score (nSPS) is 17.4. The predicted octanol–water partition coefficient (Wildman–Crippen LogP) is 2.64. The van der Waals surface area contributed by atoms with Gasteiger partial charge in [-0.2, -0.15) is 0 Å². The van der Waals surface area contributed by atoms with Crippen LogP contribution in [-0.2, 0) is 5.88 Å². The Morgan fingerprint density at radius 1 is 1.42 bits per heavy atom. The lowest BCUT2D eigenvalue weighted by Gasteiger charge is -2.21. The fourth-order valence-corrected chi connectivity index (χ4v) is 2.67. The molecule has 1 heterocycles. The van der Waals surface area contributed by atoms with Crippen molar-refractivity contribution in [1.82, 2.24) is 10.2 Å². The summed E-state index contributed by atoms with van der Waals surface area (Å²) < 4.78 is 0. The van der Waals surface area contributed by atoms with Gasteiger partial charge in [-0.3, -0.25) is 4.79 Å². The minimum Gasteiger partial charge on any atom is -0.348 e. The Labute approximate surface area is 119 Å². The zero-order valence-electron chi connectivity index (χ0n) is 11.4. The molecule has 1 aliphatic rings. The Kier molecular flexibility index (Phi) is 5.23. The van der Waals surface area contributed by atoms with Crippen molar-refractivity contribution < 1.29 is 4.79 Å². The van der Waals surface area contributed by atoms with Crippen molar-refractivity contribution >= 4 is 17.5 Å². The van der Waals surface area contributed by atoms with Gasteiger partial charge in [-0.1, -0.05) is 12.1 Å². The summed E-state index contributed by atoms with van der Waals surface area (Å²) >= 11 is 5.78. The summed E-state index contributed by atoms with van der Waals surface area (Å²) in [6, 6.07) is 7.65. The Hall–Kier alpha value is -1.06. The van der Waals surface area contributed by atoms with Gasteiger partial charge in [0.2, 0.25) is 0 Å². The summed E-state index contributed by atoms with van der Waals surface area (Å²) in [6.07, 6.45) is 2.55. The maximum atomic E-state index is 12.1. The predicted molar refractivity (Wildman–Crippen MR) is 78.6 cm³/mol. The monoisotopic (exact) mass is 280 g/mol. The molecule has 1 aliphatic heterocycles. The smallest absolute Gasteiger partial charge is 0.251 e. The van der Waals surface area contributed by atoms with Crippen LogP contribution in [0, 0.1) is 0 Å². The average Bonchev–Trinajstić information content (AvgIpc) is 2.91. The van der Waals surface area contributed by atoms with E-state index in [2.05, 4.69) is 17.1 Å². The minimum atomic E-state index is -0.0151. The van der Waals surface area contributed by atoms with E-state index in [0.717, 1.165) is 25.2 Å². The van der Waals surface area contributed by atoms with Gasteiger partial charge in [0, 0.05) is 24.0 Å². The third-order valence-electron chi connectivity index (χ3n) is 3.45. The van der Waals surface area contributed by atoms with Gasteiger partial charge >= 0.3 is 0 Å². The molecule has 3 nitrogen and oxygen atoms in total. The van der Waals surface area contributed by atoms with E-state index in [1.165, 1.54) is 12.8 Å². The second-order valence-electron chi connectivity index (χ2n) is 5.22. The molecule has 1 atom stereocenters. The van der Waals surface area contributed by atoms with E-state index in [-0.39, 0.29) is 11.9 Å². The number of carbonyl (C=O) groups excluding carboxylic acids is 1. The van der Waals surface area contributed by atoms with E-state index < -0.39 is 0 Å². The molecule has 0 aliphatic carbocycles. The van der Waals surface area contributed by atoms with Crippen LogP contribution >= 0.6 is 11.6 Å². The van der Waals surface area contributed by atoms with Gasteiger partial charge in [0.1, 0.15) is 0 Å². The maximum Gasteiger partial charge on any atom is 0.251 e. The van der Waals surface area contributed by atoms with Crippen LogP contribution in [0.4, 0.5) is 0 Å². The highest BCUT2D eigenvalue weighted by molar-refractivity contribution is 6.17. The van der Waals surface area contributed by atoms with Gasteiger partial charge in [0.05, 0.1) is 0 Å². The molecule has 0 saturated carbocycles. The summed E-state index contributed by atoms with van der Waals surface area (Å²) in [4.78, 5) is 14.5. The number of likely N-dealkylation sites (tertiary alicyclic amines) is 1. The zero-order chi connectivity index (χ0) is 13.7. The Bertz CT molecular complexity index is 430. The number of hydrogen-bond donors (Lipinski definition) is 1. The number of hydrogen-bond acceptors (Lipinski definition) is 2. The number of rotatable bonds is 5. The van der Waals surface area contributed by atoms with Crippen LogP contribution in [-0.4, -0.2) is 36.5 Å². The molecule has 1 amide bonds. The fourth-order valence-electron chi connectivity index (χ4n) is 2.50. The molecule has 0 radical (unpaired) electrons. The third kappa shape index (κ3) is 4.22. The summed E-state index contributed by atoms with van der Waals surface area (Å²) in [5.41, 5.74) is 1.66. The molecule has 4 heteroatoms. The number of benzene rings is 1. The lowest BCUT2D eigenvalue weighted by molar-refractivity contribution is 0.0932. The van der Waals surface area contributed by atoms with Crippen LogP contribution in [0.15, 0.2) is 24.3 Å². The van der Waals surface area contributed by atoms with E-state index in [1.807, 2.05) is 24.3 Å². The molecule has 1 aromatic carbocycles. The van der Waals surface area contributed by atoms with Crippen molar-refractivity contribution in [2.45, 2.75) is 31.7 Å². The van der Waals surface area contributed by atoms with E-state index in [0.29, 0.717) is 11.4 Å². The highest BCUT2D eigenvalue weighted by atomic mass is 35.5. The van der Waals surface area contributed by atoms with Crippen molar-refractivity contribution in [3.8, 4) is 0 Å². The van der Waals surface area contributed by atoms with Crippen LogP contribution in [0.5, 0.6) is 0 Å². The van der Waals surface area contributed by atoms with Crippen LogP contribution in [0.25, 0.3) is 0 Å². The molecule has 0 spiro atoms. The van der Waals surface area contributed by atoms with E-state index in [4.69, 9.17) is 11.6 Å². The van der Waals surface area contributed by atoms with Crippen molar-refractivity contribution in [2.75, 3.05) is 19.6 Å². The van der Waals surface area contributed by atoms with Crippen molar-refractivity contribution in [2.24, 2.45) is 0 Å². The first-order chi connectivity index (χ1) is 9.19. The standard InChI is InChI=1S/C15H21ClN2O/c1-12(11-18-7-2-3-8-18)17-15(19)14-6-4-5-13(9-14)10-16/h4-6,9,12H,2-3,7-8,10-11H2,1H3,(H,17,19). The largest absolute Gasteiger partial charge is 0.348 e. The van der Waals surface area contributed by atoms with Crippen LogP contribution in [0.1, 0.15) is 35.7 Å². The van der Waals surface area contributed by atoms with Gasteiger partial charge in [0.25, 0.3) is 5.91 Å². The van der Waals surface area contributed by atoms with Gasteiger partial charge < -0.3 is 10.2 Å². The second kappa shape index (κ2) is 6.92. The molecule has 1 aromatic rings. The summed E-state index contributed by atoms with van der Waals surface area (Å²) in [7, 11) is 0. The number of amides is 1. The summed E-state index contributed by atoms with van der Waals surface area (Å²) in [5, 5.41) is 3.05. The average molecular weight is 281 g/mol. The first kappa shape index (κ1) is 14.4. The van der Waals surface area contributed by atoms with E-state index >= 15 is 0 Å². The van der Waals surface area contributed by atoms with E-state index in [1.54, 1.807) is 0 Å². The van der Waals surface area contributed by atoms with Crippen LogP contribution in [0.3, 0.4) is 0 Å². The number of halogens is 1. The number of nitrogens with one attached hydrogen (secondary N) is 1. The molecule has 1 saturated heterocycles. The number of carbonyl (C=O) groups is 1. The lowest BCUT2D eigenvalue weighted by Crippen LogP contribution is -2.41. The molecule has 104 valence electrons. The van der Waals surface area contributed by atoms with Crippen molar-refractivity contribution in [3.63, 3.8) is 0 Å². The fraction of sp³-hybridized carbons (Fsp3) is 0.533. The highest BCUT2D eigenvalue weighted by Gasteiger charge is 2.16. The topological polar surface area (TPSA) is 32.3 Å². The first-order valence-electron chi connectivity index (χ1n) is 6.87. The Balaban J connectivity index is 1.88. The van der Waals surface area contributed by atoms with Crippen molar-refractivity contribution in [1.29, 1.82) is 0 Å². The molecular formula is C15H21ClN2O. The highest BCUT2D eigenvalue weighted by Crippen LogP contribution is 2.10. The summed E-state index contributed by atoms with van der Waals surface area (Å²) in [6.45, 7) is 5.30. The molecule has 0 aromatic heterocycles. The van der Waals surface area contributed by atoms with Crippen LogP contribution in [0.2, 0.25) is 0 Å². The lowest BCUT2D eigenvalue weighted by atomic mass is 10.1. The molecule has 19 heavy (non-hydrogen) atoms. The van der Waals surface area contributed by atoms with Gasteiger partial charge in [-0.25, -0.2) is 0 Å². The Morgan fingerprint density at radius 2 is 2.16 bits per heavy atom. The third-order valence-corrected chi connectivity index (χ3v) is 3.76. The van der Waals surface area contributed by atoms with Crippen LogP contribution < -0.4 is 5.32 Å². The zero-order valence-corrected chi connectivity index (χ0v) is 12.1. The molecule has 1 N–H and O–H groups in total. The number of alkyl halides is 1. The quantitative estimate of drug-likeness (QED) is 0.841. The van der Waals surface area contributed by atoms with Gasteiger partial charge in [-0.15, -0.1) is 11.6 Å². The molecule has 2 rings (SSSR count). The number of nitrogens with zero attached hydrogens (tertiary/aromatic N) is 1. The van der Waals surface area contributed by atoms with Gasteiger partial charge in [0.15, 0.2) is 0 Å². The first-order valence-corrected chi connectivity index (χ1v) is 7.40. The summed E-state index contributed by atoms with van der Waals surface area (Å²) in [5.74, 6) is 0.420. The van der Waals surface area contributed by atoms with Crippen molar-refractivity contribution in [3.05, 3.63) is 35.4 Å².